The lowest BCUT2D eigenvalue weighted by atomic mass is 9.93. The van der Waals surface area contributed by atoms with Crippen LogP contribution < -0.4 is 5.73 Å². The first-order valence-electron chi connectivity index (χ1n) is 6.56. The normalized spacial score (nSPS) is 13.5. The maximum Gasteiger partial charge on any atom is 0.156 e. The maximum atomic E-state index is 12.0. The third-order valence-corrected chi connectivity index (χ3v) is 3.77. The van der Waals surface area contributed by atoms with Gasteiger partial charge in [0.15, 0.2) is 5.78 Å². The van der Waals surface area contributed by atoms with E-state index < -0.39 is 6.04 Å². The zero-order chi connectivity index (χ0) is 14.5. The highest BCUT2D eigenvalue weighted by Gasteiger charge is 2.20. The van der Waals surface area contributed by atoms with Crippen LogP contribution >= 0.6 is 11.3 Å². The molecule has 1 aromatic rings. The average Bonchev–Trinajstić information content (AvgIpc) is 2.77. The summed E-state index contributed by atoms with van der Waals surface area (Å²) >= 11 is 1.54. The minimum absolute atomic E-state index is 0.0262. The van der Waals surface area contributed by atoms with E-state index in [2.05, 4.69) is 25.8 Å². The van der Waals surface area contributed by atoms with Crippen LogP contribution in [0.4, 0.5) is 0 Å². The summed E-state index contributed by atoms with van der Waals surface area (Å²) in [5, 5.41) is 2.89. The van der Waals surface area contributed by atoms with Gasteiger partial charge in [0.25, 0.3) is 0 Å². The number of ketones is 1. The van der Waals surface area contributed by atoms with Gasteiger partial charge in [-0.3, -0.25) is 4.79 Å². The number of aromatic nitrogens is 1. The molecule has 0 aliphatic heterocycles. The summed E-state index contributed by atoms with van der Waals surface area (Å²) in [7, 11) is 1.65. The fraction of sp³-hybridized carbons (Fsp3) is 0.714. The number of hydrogen-bond acceptors (Lipinski definition) is 5. The number of thiazole rings is 1. The first-order chi connectivity index (χ1) is 8.84. The van der Waals surface area contributed by atoms with E-state index in [1.807, 2.05) is 5.38 Å². The number of Topliss-reactive ketones (excluding diaryl/α,β-unsaturated/α-hetero) is 1. The lowest BCUT2D eigenvalue weighted by molar-refractivity contribution is -0.119. The molecule has 0 aromatic carbocycles. The molecule has 1 aromatic heterocycles. The Bertz CT molecular complexity index is 410. The fourth-order valence-electron chi connectivity index (χ4n) is 1.63. The summed E-state index contributed by atoms with van der Waals surface area (Å²) in [6.45, 7) is 6.99. The molecule has 0 fully saturated rings. The fourth-order valence-corrected chi connectivity index (χ4v) is 2.66. The van der Waals surface area contributed by atoms with Crippen LogP contribution in [0.1, 0.15) is 44.3 Å². The van der Waals surface area contributed by atoms with Crippen LogP contribution in [0.15, 0.2) is 5.38 Å². The second-order valence-corrected chi connectivity index (χ2v) is 6.70. The van der Waals surface area contributed by atoms with E-state index in [4.69, 9.17) is 10.5 Å². The van der Waals surface area contributed by atoms with Crippen molar-refractivity contribution in [1.29, 1.82) is 0 Å². The summed E-state index contributed by atoms with van der Waals surface area (Å²) in [5.41, 5.74) is 6.93. The molecule has 2 N–H and O–H groups in total. The van der Waals surface area contributed by atoms with Gasteiger partial charge >= 0.3 is 0 Å². The van der Waals surface area contributed by atoms with E-state index >= 15 is 0 Å². The third kappa shape index (κ3) is 5.38. The lowest BCUT2D eigenvalue weighted by Crippen LogP contribution is -2.32. The molecule has 4 nitrogen and oxygen atoms in total. The summed E-state index contributed by atoms with van der Waals surface area (Å²) in [5.74, 6) is 0.0610. The summed E-state index contributed by atoms with van der Waals surface area (Å²) in [4.78, 5) is 16.5. The highest BCUT2D eigenvalue weighted by molar-refractivity contribution is 7.09. The quantitative estimate of drug-likeness (QED) is 0.780. The Hall–Kier alpha value is -0.780. The Morgan fingerprint density at radius 2 is 2.21 bits per heavy atom. The van der Waals surface area contributed by atoms with Crippen molar-refractivity contribution in [2.24, 2.45) is 5.73 Å². The molecule has 0 bridgehead atoms. The van der Waals surface area contributed by atoms with Crippen molar-refractivity contribution in [1.82, 2.24) is 4.98 Å². The van der Waals surface area contributed by atoms with Crippen LogP contribution in [0, 0.1) is 0 Å². The van der Waals surface area contributed by atoms with Gasteiger partial charge in [0, 0.05) is 24.5 Å². The standard InChI is InChI=1S/C14H24N2O2S/c1-14(2,3)12-9-19-13(16-12)8-11(17)10(15)6-5-7-18-4/h9-10H,5-8,15H2,1-4H3. The molecule has 108 valence electrons. The van der Waals surface area contributed by atoms with Crippen molar-refractivity contribution in [2.45, 2.75) is 51.5 Å². The molecule has 0 spiro atoms. The average molecular weight is 284 g/mol. The Morgan fingerprint density at radius 3 is 2.74 bits per heavy atom. The first-order valence-corrected chi connectivity index (χ1v) is 7.44. The van der Waals surface area contributed by atoms with Gasteiger partial charge in [-0.05, 0) is 12.8 Å². The topological polar surface area (TPSA) is 65.2 Å². The van der Waals surface area contributed by atoms with Gasteiger partial charge in [-0.15, -0.1) is 11.3 Å². The molecule has 0 radical (unpaired) electrons. The van der Waals surface area contributed by atoms with E-state index in [-0.39, 0.29) is 11.2 Å². The number of rotatable bonds is 7. The molecule has 5 heteroatoms. The molecular formula is C14H24N2O2S. The molecule has 0 amide bonds. The predicted octanol–water partition coefficient (Wildman–Crippen LogP) is 2.31. The van der Waals surface area contributed by atoms with E-state index in [0.717, 1.165) is 17.1 Å². The molecule has 0 saturated carbocycles. The number of nitrogens with two attached hydrogens (primary N) is 1. The Balaban J connectivity index is 2.50. The Kier molecular flexibility index (Phi) is 6.10. The van der Waals surface area contributed by atoms with Crippen LogP contribution in [-0.2, 0) is 21.4 Å². The second-order valence-electron chi connectivity index (χ2n) is 5.76. The number of ether oxygens (including phenoxy) is 1. The minimum atomic E-state index is -0.405. The molecule has 1 rings (SSSR count). The highest BCUT2D eigenvalue weighted by Crippen LogP contribution is 2.24. The van der Waals surface area contributed by atoms with Crippen LogP contribution in [0.3, 0.4) is 0 Å². The molecule has 0 saturated heterocycles. The minimum Gasteiger partial charge on any atom is -0.385 e. The molecular weight excluding hydrogens is 260 g/mol. The van der Waals surface area contributed by atoms with Crippen molar-refractivity contribution in [2.75, 3.05) is 13.7 Å². The van der Waals surface area contributed by atoms with Crippen molar-refractivity contribution in [3.8, 4) is 0 Å². The molecule has 19 heavy (non-hydrogen) atoms. The summed E-state index contributed by atoms with van der Waals surface area (Å²) in [6, 6.07) is -0.405. The number of carbonyl (C=O) groups is 1. The Morgan fingerprint density at radius 1 is 1.53 bits per heavy atom. The maximum absolute atomic E-state index is 12.0. The number of carbonyl (C=O) groups excluding carboxylic acids is 1. The van der Waals surface area contributed by atoms with Crippen LogP contribution in [0.5, 0.6) is 0 Å². The van der Waals surface area contributed by atoms with Gasteiger partial charge in [0.1, 0.15) is 5.01 Å². The number of hydrogen-bond donors (Lipinski definition) is 1. The molecule has 1 unspecified atom stereocenters. The van der Waals surface area contributed by atoms with Crippen molar-refractivity contribution >= 4 is 17.1 Å². The molecule has 0 aliphatic rings. The monoisotopic (exact) mass is 284 g/mol. The van der Waals surface area contributed by atoms with Gasteiger partial charge in [-0.1, -0.05) is 20.8 Å². The Labute approximate surface area is 119 Å². The van der Waals surface area contributed by atoms with E-state index in [9.17, 15) is 4.79 Å². The van der Waals surface area contributed by atoms with E-state index in [1.165, 1.54) is 11.3 Å². The SMILES string of the molecule is COCCCC(N)C(=O)Cc1nc(C(C)(C)C)cs1. The van der Waals surface area contributed by atoms with Crippen molar-refractivity contribution in [3.63, 3.8) is 0 Å². The molecule has 0 aliphatic carbocycles. The van der Waals surface area contributed by atoms with Crippen LogP contribution in [0.25, 0.3) is 0 Å². The molecule has 1 heterocycles. The highest BCUT2D eigenvalue weighted by atomic mass is 32.1. The van der Waals surface area contributed by atoms with Crippen LogP contribution in [-0.4, -0.2) is 30.5 Å². The summed E-state index contributed by atoms with van der Waals surface area (Å²) in [6.07, 6.45) is 1.83. The lowest BCUT2D eigenvalue weighted by Gasteiger charge is -2.14. The number of nitrogens with zero attached hydrogens (tertiary/aromatic N) is 1. The van der Waals surface area contributed by atoms with Gasteiger partial charge in [0.2, 0.25) is 0 Å². The zero-order valence-electron chi connectivity index (χ0n) is 12.2. The third-order valence-electron chi connectivity index (χ3n) is 2.92. The van der Waals surface area contributed by atoms with Gasteiger partial charge in [-0.2, -0.15) is 0 Å². The largest absolute Gasteiger partial charge is 0.385 e. The molecule has 1 atom stereocenters. The van der Waals surface area contributed by atoms with Gasteiger partial charge < -0.3 is 10.5 Å². The van der Waals surface area contributed by atoms with Gasteiger partial charge in [-0.25, -0.2) is 4.98 Å². The van der Waals surface area contributed by atoms with Crippen LogP contribution in [0.2, 0.25) is 0 Å². The van der Waals surface area contributed by atoms with Crippen molar-refractivity contribution in [3.05, 3.63) is 16.1 Å². The van der Waals surface area contributed by atoms with Gasteiger partial charge in [0.05, 0.1) is 18.2 Å². The predicted molar refractivity (Wildman–Crippen MR) is 78.6 cm³/mol. The summed E-state index contributed by atoms with van der Waals surface area (Å²) < 4.78 is 4.95. The van der Waals surface area contributed by atoms with Crippen molar-refractivity contribution < 1.29 is 9.53 Å². The smallest absolute Gasteiger partial charge is 0.156 e. The second kappa shape index (κ2) is 7.12. The first kappa shape index (κ1) is 16.3. The van der Waals surface area contributed by atoms with E-state index in [1.54, 1.807) is 7.11 Å². The zero-order valence-corrected chi connectivity index (χ0v) is 13.0. The van der Waals surface area contributed by atoms with E-state index in [0.29, 0.717) is 19.4 Å². The number of methoxy groups -OCH3 is 1.